The van der Waals surface area contributed by atoms with Crippen LogP contribution in [0, 0.1) is 0 Å². The number of carboxylic acids is 1. The van der Waals surface area contributed by atoms with Crippen LogP contribution in [-0.2, 0) is 23.9 Å². The normalized spacial score (nSPS) is 12.3. The van der Waals surface area contributed by atoms with Crippen molar-refractivity contribution in [3.8, 4) is 0 Å². The van der Waals surface area contributed by atoms with Crippen molar-refractivity contribution in [3.05, 3.63) is 77.5 Å². The van der Waals surface area contributed by atoms with Crippen molar-refractivity contribution in [2.75, 3.05) is 49.2 Å². The first kappa shape index (κ1) is 33.0. The maximum atomic E-state index is 13.3. The summed E-state index contributed by atoms with van der Waals surface area (Å²) in [5.74, 6) is -1.62. The molecule has 0 radical (unpaired) electrons. The van der Waals surface area contributed by atoms with E-state index in [9.17, 15) is 24.3 Å². The number of aliphatic hydroxyl groups is 1. The Hall–Kier alpha value is -4.19. The molecule has 41 heavy (non-hydrogen) atoms. The van der Waals surface area contributed by atoms with Crippen molar-refractivity contribution < 1.29 is 38.9 Å². The zero-order chi connectivity index (χ0) is 30.0. The van der Waals surface area contributed by atoms with Gasteiger partial charge in [-0.05, 0) is 56.6 Å². The number of esters is 1. The Kier molecular flexibility index (Phi) is 14.7. The number of carboxylic acid groups (broad SMARTS) is 1. The molecule has 0 fully saturated rings. The third-order valence-corrected chi connectivity index (χ3v) is 5.88. The van der Waals surface area contributed by atoms with Crippen molar-refractivity contribution >= 4 is 53.0 Å². The highest BCUT2D eigenvalue weighted by Gasteiger charge is 2.30. The molecule has 2 aromatic carbocycles. The van der Waals surface area contributed by atoms with Crippen molar-refractivity contribution in [1.29, 1.82) is 0 Å². The molecule has 12 heteroatoms. The number of unbranched alkanes of at least 4 members (excludes halogenated alkanes) is 1. The van der Waals surface area contributed by atoms with E-state index >= 15 is 0 Å². The van der Waals surface area contributed by atoms with Crippen LogP contribution in [0.3, 0.4) is 0 Å². The summed E-state index contributed by atoms with van der Waals surface area (Å²) in [6.45, 7) is 4.44. The number of nitrogens with one attached hydrogen (secondary N) is 1. The van der Waals surface area contributed by atoms with Gasteiger partial charge in [-0.1, -0.05) is 29.8 Å². The number of fused-ring (bicyclic) bond motifs is 2. The number of halogens is 1. The number of hydrogen-bond donors (Lipinski definition) is 3. The van der Waals surface area contributed by atoms with Gasteiger partial charge < -0.3 is 34.8 Å². The molecule has 11 nitrogen and oxygen atoms in total. The number of ether oxygens (including phenoxy) is 2. The third-order valence-electron chi connectivity index (χ3n) is 5.65. The van der Waals surface area contributed by atoms with Crippen molar-refractivity contribution in [3.63, 3.8) is 0 Å². The highest BCUT2D eigenvalue weighted by atomic mass is 35.5. The number of anilines is 3. The second-order valence-corrected chi connectivity index (χ2v) is 8.86. The molecule has 3 rings (SSSR count). The highest BCUT2D eigenvalue weighted by molar-refractivity contribution is 6.31. The van der Waals surface area contributed by atoms with Gasteiger partial charge in [0.05, 0.1) is 41.9 Å². The fraction of sp³-hybridized carbons (Fsp3) is 0.310. The lowest BCUT2D eigenvalue weighted by atomic mass is 10.1. The molecule has 2 aromatic rings. The highest BCUT2D eigenvalue weighted by Crippen LogP contribution is 2.42. The molecule has 1 aliphatic heterocycles. The molecule has 1 heterocycles. The van der Waals surface area contributed by atoms with E-state index in [0.29, 0.717) is 36.4 Å². The number of para-hydroxylation sites is 1. The second kappa shape index (κ2) is 18.2. The number of aliphatic hydroxyl groups excluding tert-OH is 1. The maximum Gasteiger partial charge on any atom is 0.331 e. The number of carbonyl (C=O) groups is 4. The molecular weight excluding hydrogens is 554 g/mol. The van der Waals surface area contributed by atoms with Gasteiger partial charge in [0.25, 0.3) is 12.4 Å². The molecule has 0 saturated carbocycles. The molecule has 1 aliphatic rings. The van der Waals surface area contributed by atoms with Crippen LogP contribution in [0.15, 0.2) is 67.0 Å². The number of amides is 1. The number of hydrogen-bond acceptors (Lipinski definition) is 9. The van der Waals surface area contributed by atoms with E-state index < -0.39 is 5.97 Å². The maximum absolute atomic E-state index is 13.3. The molecule has 220 valence electrons. The fourth-order valence-electron chi connectivity index (χ4n) is 3.96. The van der Waals surface area contributed by atoms with E-state index in [4.69, 9.17) is 21.4 Å². The first-order chi connectivity index (χ1) is 19.8. The predicted octanol–water partition coefficient (Wildman–Crippen LogP) is 3.68. The van der Waals surface area contributed by atoms with Gasteiger partial charge in [0.1, 0.15) is 6.26 Å². The number of nitrogens with zero attached hydrogens (tertiary/aromatic N) is 2. The summed E-state index contributed by atoms with van der Waals surface area (Å²) in [4.78, 5) is 47.2. The fourth-order valence-corrected chi connectivity index (χ4v) is 4.13. The molecule has 0 saturated heterocycles. The summed E-state index contributed by atoms with van der Waals surface area (Å²) in [5.41, 5.74) is 3.01. The standard InChI is InChI=1S/C25H30ClN3O4.C4H4O4/c1-2-33-24(31)10-7-14-27-13-5-6-15-28-21-9-4-3-8-20(21)25(32)29(16-17-30)22-12-11-19(26)18-23(22)28;5-3-8-2-1-4(6)7/h3-4,7-12,18,27,30H,2,5-6,13-17H2,1H3;1-3H,(H,6,7)/b10-7+;2-1-. The molecule has 0 bridgehead atoms. The van der Waals surface area contributed by atoms with E-state index in [-0.39, 0.29) is 31.5 Å². The molecule has 1 amide bonds. The SMILES string of the molecule is CCOC(=O)/C=C/CNCCCCN1c2ccccc2C(=O)N(CCO)c2ccc(Cl)cc21.O=CO/C=C\C(=O)O. The number of rotatable bonds is 14. The van der Waals surface area contributed by atoms with Crippen LogP contribution in [0.4, 0.5) is 17.1 Å². The van der Waals surface area contributed by atoms with Crippen molar-refractivity contribution in [1.82, 2.24) is 5.32 Å². The van der Waals surface area contributed by atoms with Crippen molar-refractivity contribution in [2.24, 2.45) is 0 Å². The lowest BCUT2D eigenvalue weighted by molar-refractivity contribution is -0.137. The number of carbonyl (C=O) groups excluding carboxylic acids is 3. The molecule has 0 atom stereocenters. The van der Waals surface area contributed by atoms with Crippen LogP contribution < -0.4 is 15.1 Å². The summed E-state index contributed by atoms with van der Waals surface area (Å²) >= 11 is 6.33. The van der Waals surface area contributed by atoms with Gasteiger partial charge in [-0.25, -0.2) is 9.59 Å². The summed E-state index contributed by atoms with van der Waals surface area (Å²) in [5, 5.41) is 21.3. The van der Waals surface area contributed by atoms with Gasteiger partial charge in [0, 0.05) is 30.7 Å². The molecule has 0 aromatic heterocycles. The summed E-state index contributed by atoms with van der Waals surface area (Å²) in [6.07, 6.45) is 6.48. The number of aliphatic carboxylic acids is 1. The van der Waals surface area contributed by atoms with Crippen LogP contribution >= 0.6 is 11.6 Å². The van der Waals surface area contributed by atoms with E-state index in [0.717, 1.165) is 42.7 Å². The lowest BCUT2D eigenvalue weighted by Gasteiger charge is -2.27. The first-order valence-electron chi connectivity index (χ1n) is 12.9. The monoisotopic (exact) mass is 587 g/mol. The minimum atomic E-state index is -1.15. The summed E-state index contributed by atoms with van der Waals surface area (Å²) < 4.78 is 8.75. The van der Waals surface area contributed by atoms with Gasteiger partial charge in [-0.3, -0.25) is 9.59 Å². The first-order valence-corrected chi connectivity index (χ1v) is 13.3. The van der Waals surface area contributed by atoms with E-state index in [1.165, 1.54) is 6.08 Å². The predicted molar refractivity (Wildman–Crippen MR) is 155 cm³/mol. The van der Waals surface area contributed by atoms with Crippen LogP contribution in [-0.4, -0.2) is 73.9 Å². The Balaban J connectivity index is 0.000000642. The zero-order valence-corrected chi connectivity index (χ0v) is 23.5. The van der Waals surface area contributed by atoms with Gasteiger partial charge in [-0.2, -0.15) is 0 Å². The number of β-amino-alcohol motifs (C(OH)–C–C–N with tert-alkyl or cyclic N) is 1. The van der Waals surface area contributed by atoms with Crippen LogP contribution in [0.2, 0.25) is 5.02 Å². The minimum absolute atomic E-state index is 0.133. The van der Waals surface area contributed by atoms with Gasteiger partial charge in [-0.15, -0.1) is 0 Å². The van der Waals surface area contributed by atoms with Crippen molar-refractivity contribution in [2.45, 2.75) is 19.8 Å². The quantitative estimate of drug-likeness (QED) is 0.0983. The topological polar surface area (TPSA) is 146 Å². The second-order valence-electron chi connectivity index (χ2n) is 8.42. The number of benzene rings is 2. The Labute approximate surface area is 243 Å². The Morgan fingerprint density at radius 1 is 1.02 bits per heavy atom. The van der Waals surface area contributed by atoms with Gasteiger partial charge >= 0.3 is 11.9 Å². The van der Waals surface area contributed by atoms with E-state index in [2.05, 4.69) is 15.0 Å². The average molecular weight is 588 g/mol. The summed E-state index contributed by atoms with van der Waals surface area (Å²) in [7, 11) is 0. The van der Waals surface area contributed by atoms with E-state index in [1.54, 1.807) is 24.0 Å². The van der Waals surface area contributed by atoms with Gasteiger partial charge in [0.2, 0.25) is 0 Å². The smallest absolute Gasteiger partial charge is 0.331 e. The van der Waals surface area contributed by atoms with Gasteiger partial charge in [0.15, 0.2) is 0 Å². The Morgan fingerprint density at radius 3 is 2.51 bits per heavy atom. The molecule has 0 unspecified atom stereocenters. The lowest BCUT2D eigenvalue weighted by Crippen LogP contribution is -2.33. The van der Waals surface area contributed by atoms with Crippen LogP contribution in [0.25, 0.3) is 0 Å². The van der Waals surface area contributed by atoms with E-state index in [1.807, 2.05) is 36.4 Å². The molecular formula is C29H34ClN3O8. The van der Waals surface area contributed by atoms with Crippen LogP contribution in [0.1, 0.15) is 30.1 Å². The van der Waals surface area contributed by atoms with Crippen LogP contribution in [0.5, 0.6) is 0 Å². The Bertz CT molecular complexity index is 1230. The Morgan fingerprint density at radius 2 is 1.80 bits per heavy atom. The zero-order valence-electron chi connectivity index (χ0n) is 22.7. The molecule has 0 aliphatic carbocycles. The summed E-state index contributed by atoms with van der Waals surface area (Å²) in [6, 6.07) is 13.0. The third kappa shape index (κ3) is 10.7. The molecule has 0 spiro atoms. The minimum Gasteiger partial charge on any atom is -0.478 e. The average Bonchev–Trinajstić information content (AvgIpc) is 3.04. The molecule has 3 N–H and O–H groups in total. The largest absolute Gasteiger partial charge is 0.478 e.